The molecule has 4 heteroatoms. The van der Waals surface area contributed by atoms with Gasteiger partial charge in [0.05, 0.1) is 7.11 Å². The van der Waals surface area contributed by atoms with Gasteiger partial charge in [-0.25, -0.2) is 4.79 Å². The van der Waals surface area contributed by atoms with Crippen molar-refractivity contribution in [3.8, 4) is 0 Å². The molecule has 0 spiro atoms. The molecule has 0 aliphatic heterocycles. The van der Waals surface area contributed by atoms with E-state index in [9.17, 15) is 9.18 Å². The minimum absolute atomic E-state index is 0.208. The van der Waals surface area contributed by atoms with E-state index in [1.807, 2.05) is 0 Å². The number of carbonyl (C=O) groups is 1. The Kier molecular flexibility index (Phi) is 2.54. The zero-order chi connectivity index (χ0) is 10.1. The molecule has 1 aromatic rings. The van der Waals surface area contributed by atoms with E-state index in [4.69, 9.17) is 0 Å². The van der Waals surface area contributed by atoms with Crippen LogP contribution in [0.1, 0.15) is 33.6 Å². The lowest BCUT2D eigenvalue weighted by Gasteiger charge is -2.11. The summed E-state index contributed by atoms with van der Waals surface area (Å²) in [5.41, 5.74) is 1.62. The first-order valence-electron chi connectivity index (χ1n) is 4.62. The van der Waals surface area contributed by atoms with Crippen LogP contribution in [0, 0.1) is 5.13 Å². The number of thiophene rings is 1. The van der Waals surface area contributed by atoms with Crippen molar-refractivity contribution in [2.75, 3.05) is 7.11 Å². The molecule has 0 saturated carbocycles. The average Bonchev–Trinajstić information content (AvgIpc) is 2.56. The van der Waals surface area contributed by atoms with Gasteiger partial charge in [-0.1, -0.05) is 11.3 Å². The van der Waals surface area contributed by atoms with E-state index in [1.54, 1.807) is 0 Å². The largest absolute Gasteiger partial charge is 0.465 e. The number of hydrogen-bond acceptors (Lipinski definition) is 3. The van der Waals surface area contributed by atoms with Gasteiger partial charge >= 0.3 is 5.97 Å². The topological polar surface area (TPSA) is 26.3 Å². The highest BCUT2D eigenvalue weighted by molar-refractivity contribution is 7.12. The normalized spacial score (nSPS) is 15.0. The van der Waals surface area contributed by atoms with Crippen molar-refractivity contribution >= 4 is 17.3 Å². The molecule has 0 unspecified atom stereocenters. The Balaban J connectivity index is 2.46. The summed E-state index contributed by atoms with van der Waals surface area (Å²) in [6, 6.07) is 0. The Labute approximate surface area is 85.7 Å². The predicted molar refractivity (Wildman–Crippen MR) is 52.3 cm³/mol. The molecule has 0 bridgehead atoms. The van der Waals surface area contributed by atoms with Crippen LogP contribution < -0.4 is 0 Å². The smallest absolute Gasteiger partial charge is 0.348 e. The molecule has 1 heterocycles. The molecular formula is C10H11FO2S. The fourth-order valence-corrected chi connectivity index (χ4v) is 2.89. The first-order valence-corrected chi connectivity index (χ1v) is 5.44. The number of ether oxygens (including phenoxy) is 1. The molecule has 1 aliphatic rings. The Morgan fingerprint density at radius 2 is 2.00 bits per heavy atom. The van der Waals surface area contributed by atoms with E-state index in [0.717, 1.165) is 48.1 Å². The molecule has 0 fully saturated rings. The maximum Gasteiger partial charge on any atom is 0.348 e. The van der Waals surface area contributed by atoms with Crippen LogP contribution in [-0.2, 0) is 17.6 Å². The Bertz CT molecular complexity index is 370. The second-order valence-corrected chi connectivity index (χ2v) is 4.33. The average molecular weight is 214 g/mol. The van der Waals surface area contributed by atoms with Crippen LogP contribution in [-0.4, -0.2) is 13.1 Å². The van der Waals surface area contributed by atoms with E-state index >= 15 is 0 Å². The van der Waals surface area contributed by atoms with Crippen molar-refractivity contribution in [1.82, 2.24) is 0 Å². The maximum absolute atomic E-state index is 13.4. The molecule has 0 amide bonds. The second kappa shape index (κ2) is 3.69. The summed E-state index contributed by atoms with van der Waals surface area (Å²) in [6.45, 7) is 0. The van der Waals surface area contributed by atoms with Gasteiger partial charge in [0.25, 0.3) is 0 Å². The SMILES string of the molecule is COC(=O)c1sc(F)c2c1CCCC2. The summed E-state index contributed by atoms with van der Waals surface area (Å²) in [5.74, 6) is -0.406. The summed E-state index contributed by atoms with van der Waals surface area (Å²) in [4.78, 5) is 11.8. The second-order valence-electron chi connectivity index (χ2n) is 3.36. The fourth-order valence-electron chi connectivity index (χ4n) is 1.84. The lowest BCUT2D eigenvalue weighted by atomic mass is 9.94. The summed E-state index contributed by atoms with van der Waals surface area (Å²) in [5, 5.41) is -0.208. The Morgan fingerprint density at radius 3 is 2.64 bits per heavy atom. The van der Waals surface area contributed by atoms with Gasteiger partial charge in [0.15, 0.2) is 5.13 Å². The van der Waals surface area contributed by atoms with Crippen molar-refractivity contribution in [3.05, 3.63) is 21.1 Å². The molecule has 76 valence electrons. The predicted octanol–water partition coefficient (Wildman–Crippen LogP) is 2.55. The number of methoxy groups -OCH3 is 1. The van der Waals surface area contributed by atoms with Crippen LogP contribution in [0.15, 0.2) is 0 Å². The zero-order valence-corrected chi connectivity index (χ0v) is 8.75. The summed E-state index contributed by atoms with van der Waals surface area (Å²) >= 11 is 0.922. The Hall–Kier alpha value is -0.900. The van der Waals surface area contributed by atoms with Gasteiger partial charge < -0.3 is 4.74 Å². The highest BCUT2D eigenvalue weighted by atomic mass is 32.1. The van der Waals surface area contributed by atoms with Crippen LogP contribution in [0.5, 0.6) is 0 Å². The first-order chi connectivity index (χ1) is 6.74. The van der Waals surface area contributed by atoms with Gasteiger partial charge in [-0.05, 0) is 31.2 Å². The monoisotopic (exact) mass is 214 g/mol. The summed E-state index contributed by atoms with van der Waals surface area (Å²) in [7, 11) is 1.33. The van der Waals surface area contributed by atoms with E-state index in [2.05, 4.69) is 4.74 Å². The highest BCUT2D eigenvalue weighted by Gasteiger charge is 2.25. The van der Waals surface area contributed by atoms with Crippen LogP contribution in [0.25, 0.3) is 0 Å². The van der Waals surface area contributed by atoms with Gasteiger partial charge in [0.1, 0.15) is 4.88 Å². The minimum Gasteiger partial charge on any atom is -0.465 e. The van der Waals surface area contributed by atoms with E-state index in [1.165, 1.54) is 7.11 Å². The first kappa shape index (κ1) is 9.65. The van der Waals surface area contributed by atoms with Crippen molar-refractivity contribution in [3.63, 3.8) is 0 Å². The van der Waals surface area contributed by atoms with E-state index < -0.39 is 5.97 Å². The molecule has 1 aliphatic carbocycles. The third-order valence-electron chi connectivity index (χ3n) is 2.54. The van der Waals surface area contributed by atoms with Gasteiger partial charge in [0.2, 0.25) is 0 Å². The number of esters is 1. The number of hydrogen-bond donors (Lipinski definition) is 0. The lowest BCUT2D eigenvalue weighted by Crippen LogP contribution is -2.07. The molecule has 0 atom stereocenters. The molecule has 2 nitrogen and oxygen atoms in total. The third-order valence-corrected chi connectivity index (χ3v) is 3.58. The van der Waals surface area contributed by atoms with E-state index in [-0.39, 0.29) is 5.13 Å². The number of halogens is 1. The molecule has 1 aromatic heterocycles. The van der Waals surface area contributed by atoms with Crippen molar-refractivity contribution in [2.45, 2.75) is 25.7 Å². The molecule has 0 N–H and O–H groups in total. The molecule has 0 radical (unpaired) electrons. The maximum atomic E-state index is 13.4. The quantitative estimate of drug-likeness (QED) is 0.671. The standard InChI is InChI=1S/C10H11FO2S/c1-13-10(12)8-6-4-2-3-5-7(6)9(11)14-8/h2-5H2,1H3. The van der Waals surface area contributed by atoms with Gasteiger partial charge in [0, 0.05) is 5.56 Å². The van der Waals surface area contributed by atoms with Gasteiger partial charge in [-0.2, -0.15) is 4.39 Å². The van der Waals surface area contributed by atoms with E-state index in [0.29, 0.717) is 4.88 Å². The van der Waals surface area contributed by atoms with Gasteiger partial charge in [-0.15, -0.1) is 0 Å². The van der Waals surface area contributed by atoms with Crippen LogP contribution in [0.2, 0.25) is 0 Å². The molecule has 0 saturated heterocycles. The van der Waals surface area contributed by atoms with Crippen LogP contribution in [0.4, 0.5) is 4.39 Å². The lowest BCUT2D eigenvalue weighted by molar-refractivity contribution is 0.0605. The number of rotatable bonds is 1. The van der Waals surface area contributed by atoms with Crippen LogP contribution in [0.3, 0.4) is 0 Å². The van der Waals surface area contributed by atoms with Gasteiger partial charge in [-0.3, -0.25) is 0 Å². The third kappa shape index (κ3) is 1.43. The zero-order valence-electron chi connectivity index (χ0n) is 7.93. The molecule has 2 rings (SSSR count). The molecular weight excluding hydrogens is 203 g/mol. The fraction of sp³-hybridized carbons (Fsp3) is 0.500. The minimum atomic E-state index is -0.406. The highest BCUT2D eigenvalue weighted by Crippen LogP contribution is 2.33. The van der Waals surface area contributed by atoms with Crippen molar-refractivity contribution in [2.24, 2.45) is 0 Å². The Morgan fingerprint density at radius 1 is 1.36 bits per heavy atom. The summed E-state index contributed by atoms with van der Waals surface area (Å²) < 4.78 is 18.0. The number of fused-ring (bicyclic) bond motifs is 1. The van der Waals surface area contributed by atoms with Crippen molar-refractivity contribution in [1.29, 1.82) is 0 Å². The summed E-state index contributed by atoms with van der Waals surface area (Å²) in [6.07, 6.45) is 3.61. The number of carbonyl (C=O) groups excluding carboxylic acids is 1. The molecule has 14 heavy (non-hydrogen) atoms. The van der Waals surface area contributed by atoms with Crippen molar-refractivity contribution < 1.29 is 13.9 Å². The molecule has 0 aromatic carbocycles. The van der Waals surface area contributed by atoms with Crippen LogP contribution >= 0.6 is 11.3 Å².